The molecule has 2 aliphatic rings. The van der Waals surface area contributed by atoms with Crippen molar-refractivity contribution in [3.05, 3.63) is 58.7 Å². The van der Waals surface area contributed by atoms with Crippen molar-refractivity contribution in [2.45, 2.75) is 29.3 Å². The van der Waals surface area contributed by atoms with E-state index >= 15 is 4.39 Å². The average molecular weight is 542 g/mol. The van der Waals surface area contributed by atoms with Gasteiger partial charge in [-0.2, -0.15) is 0 Å². The van der Waals surface area contributed by atoms with E-state index in [1.807, 2.05) is 0 Å². The van der Waals surface area contributed by atoms with Crippen molar-refractivity contribution in [1.29, 1.82) is 0 Å². The number of aromatic nitrogens is 2. The van der Waals surface area contributed by atoms with Gasteiger partial charge in [0.1, 0.15) is 11.2 Å². The number of nitrogens with one attached hydrogen (secondary N) is 1. The van der Waals surface area contributed by atoms with E-state index in [1.54, 1.807) is 24.3 Å². The first-order valence-electron chi connectivity index (χ1n) is 10.7. The predicted molar refractivity (Wildman–Crippen MR) is 123 cm³/mol. The van der Waals surface area contributed by atoms with Crippen molar-refractivity contribution in [2.75, 3.05) is 23.7 Å². The standard InChI is InChI=1S/C22H19ClF3N5O4S/c23-12-3-1-11(2-4-12)7-31-16-5-13(14(24)6-17(16)36(33,34)8-15(27)19(31)32)18-29-30-21(35-18)22(20(25)26)9-28-10-22/h1-6,15,20,28H,7-10,27H2/t15-/m0/s1. The minimum absolute atomic E-state index is 0.0907. The molecule has 2 aromatic carbocycles. The minimum Gasteiger partial charge on any atom is -0.420 e. The Morgan fingerprint density at radius 1 is 1.22 bits per heavy atom. The average Bonchev–Trinajstić information content (AvgIpc) is 3.24. The lowest BCUT2D eigenvalue weighted by Crippen LogP contribution is -2.61. The number of halogens is 4. The largest absolute Gasteiger partial charge is 0.420 e. The molecule has 0 spiro atoms. The number of sulfone groups is 1. The predicted octanol–water partition coefficient (Wildman–Crippen LogP) is 2.28. The Hall–Kier alpha value is -3.00. The van der Waals surface area contributed by atoms with Crippen LogP contribution >= 0.6 is 11.6 Å². The van der Waals surface area contributed by atoms with E-state index in [-0.39, 0.29) is 36.8 Å². The molecule has 36 heavy (non-hydrogen) atoms. The smallest absolute Gasteiger partial charge is 0.255 e. The fourth-order valence-corrected chi connectivity index (χ4v) is 5.84. The summed E-state index contributed by atoms with van der Waals surface area (Å²) in [6, 6.07) is 6.92. The van der Waals surface area contributed by atoms with Crippen LogP contribution in [0.25, 0.3) is 11.5 Å². The number of fused-ring (bicyclic) bond motifs is 1. The van der Waals surface area contributed by atoms with Crippen molar-refractivity contribution in [1.82, 2.24) is 15.5 Å². The molecule has 9 nitrogen and oxygen atoms in total. The Morgan fingerprint density at radius 2 is 1.92 bits per heavy atom. The number of hydrogen-bond acceptors (Lipinski definition) is 8. The Labute approximate surface area is 208 Å². The highest BCUT2D eigenvalue weighted by atomic mass is 35.5. The van der Waals surface area contributed by atoms with Crippen LogP contribution in [0.3, 0.4) is 0 Å². The first-order chi connectivity index (χ1) is 17.0. The monoisotopic (exact) mass is 541 g/mol. The van der Waals surface area contributed by atoms with Crippen LogP contribution in [-0.4, -0.2) is 55.8 Å². The Bertz CT molecular complexity index is 1440. The number of amides is 1. The zero-order valence-electron chi connectivity index (χ0n) is 18.4. The van der Waals surface area contributed by atoms with Gasteiger partial charge in [0.2, 0.25) is 11.8 Å². The van der Waals surface area contributed by atoms with Crippen LogP contribution in [0.1, 0.15) is 11.5 Å². The second-order valence-electron chi connectivity index (χ2n) is 8.71. The van der Waals surface area contributed by atoms with E-state index in [4.69, 9.17) is 21.8 Å². The number of benzene rings is 2. The molecule has 0 saturated carbocycles. The number of rotatable bonds is 5. The summed E-state index contributed by atoms with van der Waals surface area (Å²) in [4.78, 5) is 13.8. The van der Waals surface area contributed by atoms with Crippen LogP contribution in [0.2, 0.25) is 5.02 Å². The molecule has 0 aliphatic carbocycles. The van der Waals surface area contributed by atoms with Gasteiger partial charge in [-0.05, 0) is 29.8 Å². The van der Waals surface area contributed by atoms with Gasteiger partial charge < -0.3 is 20.4 Å². The summed E-state index contributed by atoms with van der Waals surface area (Å²) in [5, 5.41) is 10.6. The van der Waals surface area contributed by atoms with Crippen LogP contribution in [0.5, 0.6) is 0 Å². The molecule has 0 bridgehead atoms. The van der Waals surface area contributed by atoms with Gasteiger partial charge in [-0.3, -0.25) is 4.79 Å². The van der Waals surface area contributed by atoms with Crippen molar-refractivity contribution < 1.29 is 30.8 Å². The normalized spacial score (nSPS) is 20.7. The third-order valence-electron chi connectivity index (χ3n) is 6.29. The van der Waals surface area contributed by atoms with Gasteiger partial charge in [-0.25, -0.2) is 21.6 Å². The van der Waals surface area contributed by atoms with Crippen LogP contribution in [0.4, 0.5) is 18.9 Å². The summed E-state index contributed by atoms with van der Waals surface area (Å²) in [5.41, 5.74) is 4.31. The van der Waals surface area contributed by atoms with E-state index < -0.39 is 56.0 Å². The molecule has 0 unspecified atom stereocenters. The Kier molecular flexibility index (Phi) is 6.06. The van der Waals surface area contributed by atoms with Gasteiger partial charge in [-0.15, -0.1) is 10.2 Å². The molecule has 3 heterocycles. The third-order valence-corrected chi connectivity index (χ3v) is 8.34. The zero-order chi connectivity index (χ0) is 25.8. The summed E-state index contributed by atoms with van der Waals surface area (Å²) < 4.78 is 73.9. The SMILES string of the molecule is N[C@H]1CS(=O)(=O)c2cc(F)c(-c3nnc(C4(C(F)F)CNC4)o3)cc2N(Cc2ccc(Cl)cc2)C1=O. The maximum Gasteiger partial charge on any atom is 0.255 e. The van der Waals surface area contributed by atoms with E-state index in [0.717, 1.165) is 17.0 Å². The molecule has 5 rings (SSSR count). The van der Waals surface area contributed by atoms with Gasteiger partial charge >= 0.3 is 0 Å². The molecule has 3 N–H and O–H groups in total. The number of alkyl halides is 2. The highest BCUT2D eigenvalue weighted by Gasteiger charge is 2.52. The second-order valence-corrected chi connectivity index (χ2v) is 11.2. The lowest BCUT2D eigenvalue weighted by atomic mass is 9.82. The summed E-state index contributed by atoms with van der Waals surface area (Å²) in [7, 11) is -4.16. The topological polar surface area (TPSA) is 131 Å². The van der Waals surface area contributed by atoms with Crippen molar-refractivity contribution in [3.63, 3.8) is 0 Å². The molecule has 14 heteroatoms. The molecule has 190 valence electrons. The molecule has 2 aliphatic heterocycles. The highest BCUT2D eigenvalue weighted by molar-refractivity contribution is 7.91. The fraction of sp³-hybridized carbons (Fsp3) is 0.318. The van der Waals surface area contributed by atoms with Gasteiger partial charge in [0.05, 0.1) is 34.5 Å². The third kappa shape index (κ3) is 4.05. The van der Waals surface area contributed by atoms with Crippen LogP contribution in [0, 0.1) is 5.82 Å². The summed E-state index contributed by atoms with van der Waals surface area (Å²) in [6.45, 7) is -0.288. The molecule has 0 radical (unpaired) electrons. The molecule has 1 atom stereocenters. The minimum atomic E-state index is -4.16. The maximum absolute atomic E-state index is 15.2. The number of hydrogen-bond donors (Lipinski definition) is 2. The van der Waals surface area contributed by atoms with Crippen LogP contribution in [-0.2, 0) is 26.6 Å². The van der Waals surface area contributed by atoms with Gasteiger partial charge in [0, 0.05) is 18.1 Å². The van der Waals surface area contributed by atoms with E-state index in [9.17, 15) is 22.0 Å². The van der Waals surface area contributed by atoms with Crippen LogP contribution in [0.15, 0.2) is 45.7 Å². The van der Waals surface area contributed by atoms with Crippen molar-refractivity contribution >= 4 is 33.0 Å². The lowest BCUT2D eigenvalue weighted by Gasteiger charge is -2.38. The quantitative estimate of drug-likeness (QED) is 0.503. The molecular formula is C22H19ClF3N5O4S. The molecule has 1 fully saturated rings. The van der Waals surface area contributed by atoms with Crippen molar-refractivity contribution in [3.8, 4) is 11.5 Å². The molecule has 1 aromatic heterocycles. The summed E-state index contributed by atoms with van der Waals surface area (Å²) >= 11 is 5.93. The molecule has 3 aromatic rings. The van der Waals surface area contributed by atoms with E-state index in [2.05, 4.69) is 15.5 Å². The Morgan fingerprint density at radius 3 is 2.53 bits per heavy atom. The number of nitrogens with two attached hydrogens (primary N) is 1. The van der Waals surface area contributed by atoms with E-state index in [0.29, 0.717) is 10.6 Å². The van der Waals surface area contributed by atoms with Gasteiger partial charge in [0.15, 0.2) is 9.84 Å². The number of carbonyl (C=O) groups excluding carboxylic acids is 1. The van der Waals surface area contributed by atoms with Crippen LogP contribution < -0.4 is 16.0 Å². The molecule has 1 amide bonds. The molecular weight excluding hydrogens is 523 g/mol. The number of carbonyl (C=O) groups is 1. The summed E-state index contributed by atoms with van der Waals surface area (Å²) in [6.07, 6.45) is -2.80. The summed E-state index contributed by atoms with van der Waals surface area (Å²) in [5.74, 6) is -3.26. The Balaban J connectivity index is 1.63. The number of anilines is 1. The first-order valence-corrected chi connectivity index (χ1v) is 12.8. The fourth-order valence-electron chi connectivity index (χ4n) is 4.15. The van der Waals surface area contributed by atoms with E-state index in [1.165, 1.54) is 0 Å². The van der Waals surface area contributed by atoms with Gasteiger partial charge in [0.25, 0.3) is 12.3 Å². The van der Waals surface area contributed by atoms with Gasteiger partial charge in [-0.1, -0.05) is 23.7 Å². The second kappa shape index (κ2) is 8.83. The maximum atomic E-state index is 15.2. The zero-order valence-corrected chi connectivity index (χ0v) is 20.0. The van der Waals surface area contributed by atoms with Crippen molar-refractivity contribution in [2.24, 2.45) is 5.73 Å². The molecule has 1 saturated heterocycles. The highest BCUT2D eigenvalue weighted by Crippen LogP contribution is 2.39. The first kappa shape index (κ1) is 24.7. The number of nitrogens with zero attached hydrogens (tertiary/aromatic N) is 3. The lowest BCUT2D eigenvalue weighted by molar-refractivity contribution is -0.119.